The first-order valence-electron chi connectivity index (χ1n) is 6.35. The molecule has 18 heavy (non-hydrogen) atoms. The summed E-state index contributed by atoms with van der Waals surface area (Å²) in [6.45, 7) is 8.47. The lowest BCUT2D eigenvalue weighted by Gasteiger charge is -2.34. The van der Waals surface area contributed by atoms with E-state index in [9.17, 15) is 10.2 Å². The van der Waals surface area contributed by atoms with Crippen molar-refractivity contribution in [1.29, 1.82) is 0 Å². The molecular weight excluding hydrogens is 252 g/mol. The van der Waals surface area contributed by atoms with Crippen molar-refractivity contribution in [3.05, 3.63) is 16.4 Å². The fourth-order valence-electron chi connectivity index (χ4n) is 2.10. The molecule has 0 unspecified atom stereocenters. The molecule has 0 bridgehead atoms. The number of aliphatic hydroxyl groups excluding tert-OH is 2. The summed E-state index contributed by atoms with van der Waals surface area (Å²) >= 11 is 6.27. The number of aromatic nitrogens is 2. The zero-order chi connectivity index (χ0) is 13.9. The lowest BCUT2D eigenvalue weighted by atomic mass is 9.75. The second kappa shape index (κ2) is 6.04. The van der Waals surface area contributed by atoms with Crippen LogP contribution in [0.5, 0.6) is 0 Å². The van der Waals surface area contributed by atoms with Gasteiger partial charge in [-0.05, 0) is 19.8 Å². The van der Waals surface area contributed by atoms with Gasteiger partial charge in [0.1, 0.15) is 0 Å². The molecule has 1 rings (SSSR count). The molecule has 0 saturated carbocycles. The first-order chi connectivity index (χ1) is 8.41. The SMILES string of the molecule is CCn1nc(C)c(Cl)c1CC(CO)(CO)C(C)C. The van der Waals surface area contributed by atoms with Gasteiger partial charge in [-0.2, -0.15) is 5.10 Å². The predicted molar refractivity (Wildman–Crippen MR) is 72.8 cm³/mol. The summed E-state index contributed by atoms with van der Waals surface area (Å²) in [5.74, 6) is 0.157. The maximum atomic E-state index is 9.64. The molecule has 2 N–H and O–H groups in total. The average molecular weight is 275 g/mol. The molecule has 0 saturated heterocycles. The molecule has 0 aliphatic heterocycles. The molecule has 0 aromatic carbocycles. The Bertz CT molecular complexity index is 398. The third-order valence-corrected chi connectivity index (χ3v) is 4.32. The first-order valence-corrected chi connectivity index (χ1v) is 6.73. The van der Waals surface area contributed by atoms with Crippen LogP contribution in [-0.4, -0.2) is 33.2 Å². The van der Waals surface area contributed by atoms with Crippen LogP contribution in [-0.2, 0) is 13.0 Å². The summed E-state index contributed by atoms with van der Waals surface area (Å²) in [5, 5.41) is 24.3. The quantitative estimate of drug-likeness (QED) is 0.835. The molecule has 0 aliphatic rings. The van der Waals surface area contributed by atoms with Crippen LogP contribution in [0.4, 0.5) is 0 Å². The van der Waals surface area contributed by atoms with E-state index in [0.717, 1.165) is 17.9 Å². The number of halogens is 1. The largest absolute Gasteiger partial charge is 0.396 e. The smallest absolute Gasteiger partial charge is 0.0847 e. The summed E-state index contributed by atoms with van der Waals surface area (Å²) in [4.78, 5) is 0. The van der Waals surface area contributed by atoms with Gasteiger partial charge in [0, 0.05) is 18.4 Å². The maximum absolute atomic E-state index is 9.64. The average Bonchev–Trinajstić information content (AvgIpc) is 2.62. The summed E-state index contributed by atoms with van der Waals surface area (Å²) in [7, 11) is 0. The van der Waals surface area contributed by atoms with Gasteiger partial charge in [0.2, 0.25) is 0 Å². The summed E-state index contributed by atoms with van der Waals surface area (Å²) in [6.07, 6.45) is 0.533. The van der Waals surface area contributed by atoms with Crippen LogP contribution >= 0.6 is 11.6 Å². The molecule has 1 aromatic heterocycles. The van der Waals surface area contributed by atoms with Crippen molar-refractivity contribution in [3.8, 4) is 0 Å². The Morgan fingerprint density at radius 3 is 2.28 bits per heavy atom. The highest BCUT2D eigenvalue weighted by Crippen LogP contribution is 2.34. The monoisotopic (exact) mass is 274 g/mol. The number of rotatable bonds is 6. The minimum atomic E-state index is -0.553. The van der Waals surface area contributed by atoms with Crippen LogP contribution in [0.2, 0.25) is 5.02 Å². The van der Waals surface area contributed by atoms with Crippen LogP contribution < -0.4 is 0 Å². The topological polar surface area (TPSA) is 58.3 Å². The van der Waals surface area contributed by atoms with Gasteiger partial charge < -0.3 is 10.2 Å². The van der Waals surface area contributed by atoms with Crippen LogP contribution in [0.25, 0.3) is 0 Å². The molecule has 0 atom stereocenters. The van der Waals surface area contributed by atoms with Crippen LogP contribution in [0.3, 0.4) is 0 Å². The maximum Gasteiger partial charge on any atom is 0.0847 e. The number of aliphatic hydroxyl groups is 2. The third-order valence-electron chi connectivity index (χ3n) is 3.83. The van der Waals surface area contributed by atoms with Gasteiger partial charge in [-0.25, -0.2) is 0 Å². The lowest BCUT2D eigenvalue weighted by molar-refractivity contribution is 0.0148. The standard InChI is InChI=1S/C13H23ClN2O2/c1-5-16-11(12(14)10(4)15-16)6-13(7-17,8-18)9(2)3/h9,17-18H,5-8H2,1-4H3. The lowest BCUT2D eigenvalue weighted by Crippen LogP contribution is -2.38. The van der Waals surface area contributed by atoms with E-state index < -0.39 is 5.41 Å². The van der Waals surface area contributed by atoms with Crippen LogP contribution in [0, 0.1) is 18.3 Å². The van der Waals surface area contributed by atoms with Crippen molar-refractivity contribution >= 4 is 11.6 Å². The molecule has 1 aromatic rings. The molecule has 104 valence electrons. The number of aryl methyl sites for hydroxylation is 2. The second-order valence-corrected chi connectivity index (χ2v) is 5.55. The van der Waals surface area contributed by atoms with E-state index in [1.807, 2.05) is 32.4 Å². The van der Waals surface area contributed by atoms with Gasteiger partial charge in [-0.1, -0.05) is 25.4 Å². The van der Waals surface area contributed by atoms with Crippen molar-refractivity contribution in [2.24, 2.45) is 11.3 Å². The summed E-state index contributed by atoms with van der Waals surface area (Å²) in [5.41, 5.74) is 1.14. The Labute approximate surface area is 114 Å². The Morgan fingerprint density at radius 1 is 1.33 bits per heavy atom. The number of hydrogen-bond donors (Lipinski definition) is 2. The Hall–Kier alpha value is -0.580. The molecule has 0 fully saturated rings. The molecule has 0 aliphatic carbocycles. The second-order valence-electron chi connectivity index (χ2n) is 5.17. The molecule has 0 amide bonds. The predicted octanol–water partition coefficient (Wildman–Crippen LogP) is 2.03. The van der Waals surface area contributed by atoms with E-state index in [1.54, 1.807) is 0 Å². The van der Waals surface area contributed by atoms with Crippen molar-refractivity contribution in [2.45, 2.75) is 40.7 Å². The van der Waals surface area contributed by atoms with Gasteiger partial charge in [-0.15, -0.1) is 0 Å². The Morgan fingerprint density at radius 2 is 1.89 bits per heavy atom. The van der Waals surface area contributed by atoms with E-state index in [4.69, 9.17) is 11.6 Å². The molecule has 0 spiro atoms. The van der Waals surface area contributed by atoms with Crippen molar-refractivity contribution in [1.82, 2.24) is 9.78 Å². The van der Waals surface area contributed by atoms with E-state index in [1.165, 1.54) is 0 Å². The molecule has 0 radical (unpaired) electrons. The molecule has 5 heteroatoms. The minimum Gasteiger partial charge on any atom is -0.396 e. The van der Waals surface area contributed by atoms with Gasteiger partial charge in [0.25, 0.3) is 0 Å². The normalized spacial score (nSPS) is 12.4. The highest BCUT2D eigenvalue weighted by Gasteiger charge is 2.35. The van der Waals surface area contributed by atoms with Crippen molar-refractivity contribution in [3.63, 3.8) is 0 Å². The van der Waals surface area contributed by atoms with Crippen LogP contribution in [0.15, 0.2) is 0 Å². The first kappa shape index (κ1) is 15.5. The van der Waals surface area contributed by atoms with E-state index in [0.29, 0.717) is 11.4 Å². The van der Waals surface area contributed by atoms with Crippen LogP contribution in [0.1, 0.15) is 32.2 Å². The number of nitrogens with zero attached hydrogens (tertiary/aromatic N) is 2. The van der Waals surface area contributed by atoms with Gasteiger partial charge in [-0.3, -0.25) is 4.68 Å². The fourth-order valence-corrected chi connectivity index (χ4v) is 2.30. The van der Waals surface area contributed by atoms with E-state index in [-0.39, 0.29) is 19.1 Å². The minimum absolute atomic E-state index is 0.0641. The highest BCUT2D eigenvalue weighted by atomic mass is 35.5. The highest BCUT2D eigenvalue weighted by molar-refractivity contribution is 6.31. The van der Waals surface area contributed by atoms with Gasteiger partial charge >= 0.3 is 0 Å². The van der Waals surface area contributed by atoms with E-state index >= 15 is 0 Å². The van der Waals surface area contributed by atoms with Gasteiger partial charge in [0.05, 0.1) is 29.6 Å². The Balaban J connectivity index is 3.15. The fraction of sp³-hybridized carbons (Fsp3) is 0.769. The number of hydrogen-bond acceptors (Lipinski definition) is 3. The molecule has 1 heterocycles. The van der Waals surface area contributed by atoms with Crippen molar-refractivity contribution < 1.29 is 10.2 Å². The zero-order valence-corrected chi connectivity index (χ0v) is 12.3. The molecule has 4 nitrogen and oxygen atoms in total. The zero-order valence-electron chi connectivity index (χ0n) is 11.6. The summed E-state index contributed by atoms with van der Waals surface area (Å²) in [6, 6.07) is 0. The Kier molecular flexibility index (Phi) is 5.20. The molecular formula is C13H23ClN2O2. The van der Waals surface area contributed by atoms with E-state index in [2.05, 4.69) is 5.10 Å². The van der Waals surface area contributed by atoms with Crippen molar-refractivity contribution in [2.75, 3.05) is 13.2 Å². The summed E-state index contributed by atoms with van der Waals surface area (Å²) < 4.78 is 1.85. The third kappa shape index (κ3) is 2.71. The van der Waals surface area contributed by atoms with Gasteiger partial charge in [0.15, 0.2) is 0 Å².